The van der Waals surface area contributed by atoms with Crippen molar-refractivity contribution < 1.29 is 54.3 Å². The van der Waals surface area contributed by atoms with Gasteiger partial charge in [0.25, 0.3) is 0 Å². The molecule has 0 aromatic rings. The summed E-state index contributed by atoms with van der Waals surface area (Å²) in [5, 5.41) is 60.0. The lowest BCUT2D eigenvalue weighted by Gasteiger charge is -2.48. The van der Waals surface area contributed by atoms with E-state index in [1.165, 1.54) is 0 Å². The first-order chi connectivity index (χ1) is 13.3. The summed E-state index contributed by atoms with van der Waals surface area (Å²) in [4.78, 5) is 0. The lowest BCUT2D eigenvalue weighted by molar-refractivity contribution is -0.402. The van der Waals surface area contributed by atoms with Crippen LogP contribution in [0.1, 0.15) is 13.8 Å². The van der Waals surface area contributed by atoms with Crippen LogP contribution < -0.4 is 0 Å². The molecule has 3 aliphatic heterocycles. The Morgan fingerprint density at radius 3 is 2.39 bits per heavy atom. The molecule has 0 amide bonds. The van der Waals surface area contributed by atoms with Gasteiger partial charge in [0.2, 0.25) is 5.79 Å². The molecule has 0 radical (unpaired) electrons. The van der Waals surface area contributed by atoms with E-state index in [-0.39, 0.29) is 6.61 Å². The molecule has 0 bridgehead atoms. The Bertz CT molecular complexity index is 569. The van der Waals surface area contributed by atoms with Gasteiger partial charge in [0, 0.05) is 0 Å². The maximum absolute atomic E-state index is 10.5. The maximum atomic E-state index is 10.5. The van der Waals surface area contributed by atoms with Crippen molar-refractivity contribution in [2.24, 2.45) is 0 Å². The molecule has 10 atom stereocenters. The number of hydrogen-bond acceptors (Lipinski definition) is 11. The second-order valence-corrected chi connectivity index (χ2v) is 7.18. The van der Waals surface area contributed by atoms with Crippen LogP contribution in [0.2, 0.25) is 0 Å². The van der Waals surface area contributed by atoms with Gasteiger partial charge in [-0.3, -0.25) is 0 Å². The first kappa shape index (κ1) is 22.0. The van der Waals surface area contributed by atoms with Crippen molar-refractivity contribution >= 4 is 0 Å². The molecule has 0 saturated carbocycles. The molecular weight excluding hydrogens is 380 g/mol. The molecule has 0 aliphatic carbocycles. The molecule has 0 aromatic heterocycles. The quantitative estimate of drug-likeness (QED) is 0.256. The molecule has 0 unspecified atom stereocenters. The van der Waals surface area contributed by atoms with Crippen molar-refractivity contribution in [3.05, 3.63) is 11.6 Å². The summed E-state index contributed by atoms with van der Waals surface area (Å²) in [6, 6.07) is 0. The van der Waals surface area contributed by atoms with Gasteiger partial charge >= 0.3 is 0 Å². The minimum Gasteiger partial charge on any atom is -0.394 e. The van der Waals surface area contributed by atoms with E-state index in [9.17, 15) is 30.6 Å². The summed E-state index contributed by atoms with van der Waals surface area (Å²) in [5.74, 6) is -2.15. The standard InChI is InChI=1S/C17H28O11/c1-3-7(2)15-24-5-9-13(26-15)11(21)12(22)16(25-9)28-17(6-19)14(23)10(20)8(4-18)27-17/h3,8-16,18-23H,4-6H2,1-2H3/b7-3+/t8-,9-,10-,11-,12-,13-,14+,15-,16-,17+/m1/s1. The molecule has 3 aliphatic rings. The van der Waals surface area contributed by atoms with Crippen LogP contribution in [0, 0.1) is 0 Å². The van der Waals surface area contributed by atoms with E-state index < -0.39 is 74.3 Å². The third-order valence-corrected chi connectivity index (χ3v) is 5.38. The van der Waals surface area contributed by atoms with Gasteiger partial charge in [-0.2, -0.15) is 0 Å². The predicted octanol–water partition coefficient (Wildman–Crippen LogP) is -3.04. The second kappa shape index (κ2) is 8.58. The van der Waals surface area contributed by atoms with Gasteiger partial charge in [-0.15, -0.1) is 0 Å². The lowest BCUT2D eigenvalue weighted by atomic mass is 9.97. The molecule has 3 heterocycles. The Kier molecular flexibility index (Phi) is 6.74. The highest BCUT2D eigenvalue weighted by molar-refractivity contribution is 5.04. The average molecular weight is 408 g/mol. The Hall–Kier alpha value is -0.700. The predicted molar refractivity (Wildman–Crippen MR) is 89.6 cm³/mol. The van der Waals surface area contributed by atoms with E-state index in [2.05, 4.69) is 0 Å². The van der Waals surface area contributed by atoms with Crippen molar-refractivity contribution in [2.45, 2.75) is 74.9 Å². The number of hydrogen-bond donors (Lipinski definition) is 6. The van der Waals surface area contributed by atoms with Crippen LogP contribution >= 0.6 is 0 Å². The van der Waals surface area contributed by atoms with E-state index in [0.29, 0.717) is 0 Å². The highest BCUT2D eigenvalue weighted by Gasteiger charge is 2.59. The number of aliphatic hydroxyl groups is 6. The van der Waals surface area contributed by atoms with Gasteiger partial charge in [0.1, 0.15) is 49.3 Å². The zero-order valence-electron chi connectivity index (χ0n) is 15.6. The zero-order chi connectivity index (χ0) is 20.6. The van der Waals surface area contributed by atoms with E-state index >= 15 is 0 Å². The van der Waals surface area contributed by atoms with Crippen LogP contribution in [0.5, 0.6) is 0 Å². The van der Waals surface area contributed by atoms with Crippen LogP contribution in [0.3, 0.4) is 0 Å². The molecular formula is C17H28O11. The van der Waals surface area contributed by atoms with Gasteiger partial charge in [-0.25, -0.2) is 0 Å². The zero-order valence-corrected chi connectivity index (χ0v) is 15.6. The Morgan fingerprint density at radius 1 is 1.11 bits per heavy atom. The molecule has 28 heavy (non-hydrogen) atoms. The topological polar surface area (TPSA) is 168 Å². The average Bonchev–Trinajstić information content (AvgIpc) is 2.96. The fourth-order valence-electron chi connectivity index (χ4n) is 3.51. The van der Waals surface area contributed by atoms with Crippen molar-refractivity contribution in [1.82, 2.24) is 0 Å². The SMILES string of the molecule is C/C=C(\C)[C@@H]1OC[C@H]2O[C@H](O[C@]3(CO)O[C@H](CO)[C@@H](O)[C@@H]3O)[C@H](O)[C@@H](O)[C@@H]2O1. The minimum atomic E-state index is -2.15. The summed E-state index contributed by atoms with van der Waals surface area (Å²) in [6.07, 6.45) is -9.55. The van der Waals surface area contributed by atoms with Gasteiger partial charge in [-0.05, 0) is 19.4 Å². The second-order valence-electron chi connectivity index (χ2n) is 7.18. The van der Waals surface area contributed by atoms with Crippen molar-refractivity contribution in [1.29, 1.82) is 0 Å². The summed E-state index contributed by atoms with van der Waals surface area (Å²) in [7, 11) is 0. The number of fused-ring (bicyclic) bond motifs is 1. The molecule has 11 nitrogen and oxygen atoms in total. The lowest BCUT2D eigenvalue weighted by Crippen LogP contribution is -2.65. The van der Waals surface area contributed by atoms with E-state index in [4.69, 9.17) is 23.7 Å². The van der Waals surface area contributed by atoms with Gasteiger partial charge in [0.05, 0.1) is 13.2 Å². The Labute approximate surface area is 161 Å². The fraction of sp³-hybridized carbons (Fsp3) is 0.882. The summed E-state index contributed by atoms with van der Waals surface area (Å²) >= 11 is 0. The van der Waals surface area contributed by atoms with Crippen molar-refractivity contribution in [3.63, 3.8) is 0 Å². The summed E-state index contributed by atoms with van der Waals surface area (Å²) in [5.41, 5.74) is 0.796. The molecule has 11 heteroatoms. The Morgan fingerprint density at radius 2 is 1.82 bits per heavy atom. The maximum Gasteiger partial charge on any atom is 0.224 e. The number of ether oxygens (including phenoxy) is 5. The highest BCUT2D eigenvalue weighted by Crippen LogP contribution is 2.37. The molecule has 3 rings (SSSR count). The summed E-state index contributed by atoms with van der Waals surface area (Å²) < 4.78 is 27.6. The van der Waals surface area contributed by atoms with Gasteiger partial charge in [0.15, 0.2) is 12.6 Å². The van der Waals surface area contributed by atoms with Gasteiger partial charge < -0.3 is 54.3 Å². The van der Waals surface area contributed by atoms with E-state index in [0.717, 1.165) is 5.57 Å². The normalized spacial score (nSPS) is 49.9. The van der Waals surface area contributed by atoms with Gasteiger partial charge in [-0.1, -0.05) is 6.08 Å². The first-order valence-electron chi connectivity index (χ1n) is 9.13. The number of allylic oxidation sites excluding steroid dienone is 1. The van der Waals surface area contributed by atoms with Crippen LogP contribution in [0.25, 0.3) is 0 Å². The first-order valence-corrected chi connectivity index (χ1v) is 9.13. The summed E-state index contributed by atoms with van der Waals surface area (Å²) in [6.45, 7) is 2.14. The van der Waals surface area contributed by atoms with Crippen LogP contribution in [0.4, 0.5) is 0 Å². The largest absolute Gasteiger partial charge is 0.394 e. The van der Waals surface area contributed by atoms with Crippen LogP contribution in [-0.4, -0.2) is 112 Å². The highest BCUT2D eigenvalue weighted by atomic mass is 16.8. The molecule has 0 spiro atoms. The molecule has 6 N–H and O–H groups in total. The number of aliphatic hydroxyl groups excluding tert-OH is 6. The number of rotatable bonds is 5. The van der Waals surface area contributed by atoms with E-state index in [1.54, 1.807) is 13.0 Å². The molecule has 3 fully saturated rings. The Balaban J connectivity index is 1.73. The molecule has 0 aromatic carbocycles. The van der Waals surface area contributed by atoms with Crippen molar-refractivity contribution in [2.75, 3.05) is 19.8 Å². The van der Waals surface area contributed by atoms with Crippen LogP contribution in [-0.2, 0) is 23.7 Å². The third-order valence-electron chi connectivity index (χ3n) is 5.38. The van der Waals surface area contributed by atoms with Crippen LogP contribution in [0.15, 0.2) is 11.6 Å². The minimum absolute atomic E-state index is 0.0432. The smallest absolute Gasteiger partial charge is 0.224 e. The fourth-order valence-corrected chi connectivity index (χ4v) is 3.51. The monoisotopic (exact) mass is 408 g/mol. The van der Waals surface area contributed by atoms with Crippen molar-refractivity contribution in [3.8, 4) is 0 Å². The van der Waals surface area contributed by atoms with E-state index in [1.807, 2.05) is 6.92 Å². The molecule has 162 valence electrons. The molecule has 3 saturated heterocycles. The third kappa shape index (κ3) is 3.73.